The quantitative estimate of drug-likeness (QED) is 0.936. The Hall–Kier alpha value is -1.69. The number of nitrogens with zero attached hydrogens (tertiary/aromatic N) is 3. The van der Waals surface area contributed by atoms with E-state index in [1.807, 2.05) is 12.1 Å². The summed E-state index contributed by atoms with van der Waals surface area (Å²) < 4.78 is 5.93. The highest BCUT2D eigenvalue weighted by atomic mass is 79.9. The molecular weight excluding hydrogens is 272 g/mol. The van der Waals surface area contributed by atoms with Crippen molar-refractivity contribution in [2.75, 3.05) is 12.4 Å². The lowest BCUT2D eigenvalue weighted by Gasteiger charge is -2.04. The van der Waals surface area contributed by atoms with Crippen LogP contribution in [0, 0.1) is 0 Å². The molecule has 5 nitrogen and oxygen atoms in total. The van der Waals surface area contributed by atoms with Gasteiger partial charge in [-0.1, -0.05) is 15.9 Å². The van der Waals surface area contributed by atoms with Gasteiger partial charge in [-0.2, -0.15) is 4.98 Å². The molecule has 0 bridgehead atoms. The molecule has 0 amide bonds. The number of ether oxygens (including phenoxy) is 1. The van der Waals surface area contributed by atoms with E-state index >= 15 is 0 Å². The van der Waals surface area contributed by atoms with Crippen molar-refractivity contribution < 1.29 is 4.74 Å². The molecule has 0 aliphatic rings. The van der Waals surface area contributed by atoms with Crippen LogP contribution in [0.4, 0.5) is 11.8 Å². The van der Waals surface area contributed by atoms with Gasteiger partial charge in [-0.25, -0.2) is 9.97 Å². The fourth-order valence-electron chi connectivity index (χ4n) is 1.10. The molecule has 0 atom stereocenters. The van der Waals surface area contributed by atoms with Gasteiger partial charge in [0.25, 0.3) is 0 Å². The van der Waals surface area contributed by atoms with Gasteiger partial charge in [-0.15, -0.1) is 0 Å². The molecule has 6 heteroatoms. The number of halogens is 1. The first-order valence-corrected chi connectivity index (χ1v) is 5.33. The summed E-state index contributed by atoms with van der Waals surface area (Å²) in [4.78, 5) is 12.3. The SMILES string of the molecule is COc1ccnc(Nc2cc(Br)ccn2)n1. The van der Waals surface area contributed by atoms with Crippen molar-refractivity contribution in [2.24, 2.45) is 0 Å². The Morgan fingerprint density at radius 3 is 2.81 bits per heavy atom. The number of hydrogen-bond donors (Lipinski definition) is 1. The van der Waals surface area contributed by atoms with E-state index in [4.69, 9.17) is 4.74 Å². The highest BCUT2D eigenvalue weighted by molar-refractivity contribution is 9.10. The lowest BCUT2D eigenvalue weighted by molar-refractivity contribution is 0.397. The van der Waals surface area contributed by atoms with Crippen LogP contribution in [0.25, 0.3) is 0 Å². The standard InChI is InChI=1S/C10H9BrN4O/c1-16-9-3-5-13-10(15-9)14-8-6-7(11)2-4-12-8/h2-6H,1H3,(H,12,13,14,15). The van der Waals surface area contributed by atoms with Crippen LogP contribution in [0.3, 0.4) is 0 Å². The van der Waals surface area contributed by atoms with Gasteiger partial charge in [0.1, 0.15) is 5.82 Å². The maximum atomic E-state index is 5.00. The van der Waals surface area contributed by atoms with E-state index in [1.165, 1.54) is 0 Å². The molecule has 0 aliphatic heterocycles. The second-order valence-corrected chi connectivity index (χ2v) is 3.82. The van der Waals surface area contributed by atoms with Gasteiger partial charge in [-0.3, -0.25) is 0 Å². The third-order valence-electron chi connectivity index (χ3n) is 1.80. The number of nitrogens with one attached hydrogen (secondary N) is 1. The molecule has 16 heavy (non-hydrogen) atoms. The predicted octanol–water partition coefficient (Wildman–Crippen LogP) is 2.39. The van der Waals surface area contributed by atoms with Crippen molar-refractivity contribution in [1.82, 2.24) is 15.0 Å². The minimum Gasteiger partial charge on any atom is -0.481 e. The molecule has 0 radical (unpaired) electrons. The minimum absolute atomic E-state index is 0.449. The Labute approximate surface area is 101 Å². The van der Waals surface area contributed by atoms with Crippen LogP contribution < -0.4 is 10.1 Å². The highest BCUT2D eigenvalue weighted by Crippen LogP contribution is 2.16. The topological polar surface area (TPSA) is 59.9 Å². The predicted molar refractivity (Wildman–Crippen MR) is 63.8 cm³/mol. The number of rotatable bonds is 3. The number of pyridine rings is 1. The van der Waals surface area contributed by atoms with E-state index < -0.39 is 0 Å². The summed E-state index contributed by atoms with van der Waals surface area (Å²) in [6, 6.07) is 5.36. The second-order valence-electron chi connectivity index (χ2n) is 2.91. The summed E-state index contributed by atoms with van der Waals surface area (Å²) in [5.41, 5.74) is 0. The molecule has 0 aliphatic carbocycles. The van der Waals surface area contributed by atoms with Crippen LogP contribution >= 0.6 is 15.9 Å². The Kier molecular flexibility index (Phi) is 3.31. The van der Waals surface area contributed by atoms with E-state index in [0.717, 1.165) is 4.47 Å². The number of anilines is 2. The van der Waals surface area contributed by atoms with Gasteiger partial charge in [-0.05, 0) is 12.1 Å². The molecule has 2 heterocycles. The zero-order valence-corrected chi connectivity index (χ0v) is 10.1. The molecular formula is C10H9BrN4O. The maximum absolute atomic E-state index is 5.00. The van der Waals surface area contributed by atoms with Crippen molar-refractivity contribution in [3.8, 4) is 5.88 Å². The van der Waals surface area contributed by atoms with Gasteiger partial charge in [0, 0.05) is 22.9 Å². The molecule has 0 fully saturated rings. The third-order valence-corrected chi connectivity index (χ3v) is 2.29. The first-order chi connectivity index (χ1) is 7.78. The Balaban J connectivity index is 2.20. The zero-order chi connectivity index (χ0) is 11.4. The number of aromatic nitrogens is 3. The van der Waals surface area contributed by atoms with Crippen LogP contribution in [0.1, 0.15) is 0 Å². The summed E-state index contributed by atoms with van der Waals surface area (Å²) in [6.45, 7) is 0. The smallest absolute Gasteiger partial charge is 0.231 e. The lowest BCUT2D eigenvalue weighted by Crippen LogP contribution is -1.99. The Morgan fingerprint density at radius 1 is 1.25 bits per heavy atom. The molecule has 0 spiro atoms. The third kappa shape index (κ3) is 2.66. The molecule has 1 N–H and O–H groups in total. The van der Waals surface area contributed by atoms with Gasteiger partial charge in [0.15, 0.2) is 0 Å². The van der Waals surface area contributed by atoms with E-state index in [2.05, 4.69) is 36.2 Å². The average molecular weight is 281 g/mol. The van der Waals surface area contributed by atoms with Crippen LogP contribution in [-0.4, -0.2) is 22.1 Å². The highest BCUT2D eigenvalue weighted by Gasteiger charge is 2.00. The van der Waals surface area contributed by atoms with E-state index in [0.29, 0.717) is 17.6 Å². The van der Waals surface area contributed by atoms with E-state index in [1.54, 1.807) is 25.6 Å². The molecule has 0 saturated carbocycles. The van der Waals surface area contributed by atoms with Crippen molar-refractivity contribution in [1.29, 1.82) is 0 Å². The molecule has 0 unspecified atom stereocenters. The lowest BCUT2D eigenvalue weighted by atomic mass is 10.5. The summed E-state index contributed by atoms with van der Waals surface area (Å²) in [5, 5.41) is 2.98. The average Bonchev–Trinajstić information content (AvgIpc) is 2.29. The van der Waals surface area contributed by atoms with Crippen molar-refractivity contribution in [2.45, 2.75) is 0 Å². The summed E-state index contributed by atoms with van der Waals surface area (Å²) in [6.07, 6.45) is 3.30. The van der Waals surface area contributed by atoms with Gasteiger partial charge >= 0.3 is 0 Å². The van der Waals surface area contributed by atoms with Gasteiger partial charge < -0.3 is 10.1 Å². The van der Waals surface area contributed by atoms with Crippen LogP contribution in [0.2, 0.25) is 0 Å². The van der Waals surface area contributed by atoms with Gasteiger partial charge in [0.2, 0.25) is 11.8 Å². The van der Waals surface area contributed by atoms with Crippen molar-refractivity contribution in [3.05, 3.63) is 35.1 Å². The first-order valence-electron chi connectivity index (χ1n) is 4.53. The molecule has 82 valence electrons. The molecule has 2 aromatic rings. The van der Waals surface area contributed by atoms with Crippen molar-refractivity contribution >= 4 is 27.7 Å². The molecule has 2 rings (SSSR count). The molecule has 2 aromatic heterocycles. The van der Waals surface area contributed by atoms with Gasteiger partial charge in [0.05, 0.1) is 7.11 Å². The number of hydrogen-bond acceptors (Lipinski definition) is 5. The van der Waals surface area contributed by atoms with Crippen molar-refractivity contribution in [3.63, 3.8) is 0 Å². The Morgan fingerprint density at radius 2 is 2.06 bits per heavy atom. The normalized spacial score (nSPS) is 9.88. The van der Waals surface area contributed by atoms with Crippen LogP contribution in [0.5, 0.6) is 5.88 Å². The summed E-state index contributed by atoms with van der Waals surface area (Å²) in [7, 11) is 1.56. The monoisotopic (exact) mass is 280 g/mol. The molecule has 0 saturated heterocycles. The van der Waals surface area contributed by atoms with Crippen LogP contribution in [-0.2, 0) is 0 Å². The van der Waals surface area contributed by atoms with E-state index in [-0.39, 0.29) is 0 Å². The minimum atomic E-state index is 0.449. The Bertz CT molecular complexity index is 492. The fourth-order valence-corrected chi connectivity index (χ4v) is 1.44. The summed E-state index contributed by atoms with van der Waals surface area (Å²) in [5.74, 6) is 1.63. The second kappa shape index (κ2) is 4.89. The number of methoxy groups -OCH3 is 1. The summed E-state index contributed by atoms with van der Waals surface area (Å²) >= 11 is 3.36. The van der Waals surface area contributed by atoms with E-state index in [9.17, 15) is 0 Å². The molecule has 0 aromatic carbocycles. The first kappa shape index (κ1) is 10.8. The zero-order valence-electron chi connectivity index (χ0n) is 8.51. The maximum Gasteiger partial charge on any atom is 0.231 e. The van der Waals surface area contributed by atoms with Crippen LogP contribution in [0.15, 0.2) is 35.1 Å². The fraction of sp³-hybridized carbons (Fsp3) is 0.100. The largest absolute Gasteiger partial charge is 0.481 e.